The summed E-state index contributed by atoms with van der Waals surface area (Å²) in [5.74, 6) is 0. The van der Waals surface area contributed by atoms with Crippen molar-refractivity contribution in [2.45, 2.75) is 18.6 Å². The van der Waals surface area contributed by atoms with Crippen molar-refractivity contribution in [3.63, 3.8) is 0 Å². The molecule has 1 aliphatic heterocycles. The average molecular weight is 209 g/mol. The monoisotopic (exact) mass is 209 g/mol. The molecule has 0 bridgehead atoms. The minimum atomic E-state index is -1.28. The van der Waals surface area contributed by atoms with Crippen LogP contribution < -0.4 is 5.32 Å². The van der Waals surface area contributed by atoms with E-state index in [2.05, 4.69) is 5.32 Å². The van der Waals surface area contributed by atoms with Gasteiger partial charge in [0.1, 0.15) is 0 Å². The fourth-order valence-electron chi connectivity index (χ4n) is 2.05. The highest BCUT2D eigenvalue weighted by Crippen LogP contribution is 2.36. The van der Waals surface area contributed by atoms with Gasteiger partial charge in [-0.25, -0.2) is 4.39 Å². The van der Waals surface area contributed by atoms with E-state index >= 15 is 0 Å². The SMILES string of the molecule is CNCc1ccccc1C1(F)CCOC1. The third-order valence-electron chi connectivity index (χ3n) is 2.84. The number of hydrogen-bond acceptors (Lipinski definition) is 2. The van der Waals surface area contributed by atoms with E-state index in [1.807, 2.05) is 31.3 Å². The molecule has 3 heteroatoms. The van der Waals surface area contributed by atoms with Crippen LogP contribution in [0.25, 0.3) is 0 Å². The van der Waals surface area contributed by atoms with Crippen molar-refractivity contribution >= 4 is 0 Å². The third-order valence-corrected chi connectivity index (χ3v) is 2.84. The number of alkyl halides is 1. The first-order chi connectivity index (χ1) is 7.26. The summed E-state index contributed by atoms with van der Waals surface area (Å²) in [5, 5.41) is 3.06. The molecule has 1 fully saturated rings. The van der Waals surface area contributed by atoms with Gasteiger partial charge in [-0.2, -0.15) is 0 Å². The Labute approximate surface area is 89.4 Å². The largest absolute Gasteiger partial charge is 0.378 e. The first kappa shape index (κ1) is 10.6. The predicted molar refractivity (Wildman–Crippen MR) is 57.4 cm³/mol. The van der Waals surface area contributed by atoms with Crippen molar-refractivity contribution < 1.29 is 9.13 Å². The number of hydrogen-bond donors (Lipinski definition) is 1. The molecule has 1 aromatic rings. The van der Waals surface area contributed by atoms with Crippen molar-refractivity contribution in [1.82, 2.24) is 5.32 Å². The molecule has 1 aliphatic rings. The summed E-state index contributed by atoms with van der Waals surface area (Å²) in [6.45, 7) is 1.40. The van der Waals surface area contributed by atoms with Crippen LogP contribution in [0.3, 0.4) is 0 Å². The van der Waals surface area contributed by atoms with Crippen LogP contribution >= 0.6 is 0 Å². The van der Waals surface area contributed by atoms with Crippen LogP contribution in [-0.2, 0) is 17.0 Å². The third kappa shape index (κ3) is 2.03. The molecular formula is C12H16FNO. The zero-order valence-electron chi connectivity index (χ0n) is 8.92. The normalized spacial score (nSPS) is 25.7. The van der Waals surface area contributed by atoms with Crippen LogP contribution in [0, 0.1) is 0 Å². The quantitative estimate of drug-likeness (QED) is 0.822. The fraction of sp³-hybridized carbons (Fsp3) is 0.500. The summed E-state index contributed by atoms with van der Waals surface area (Å²) in [6, 6.07) is 7.65. The zero-order chi connectivity index (χ0) is 10.7. The van der Waals surface area contributed by atoms with Gasteiger partial charge in [0.15, 0.2) is 5.67 Å². The number of nitrogens with one attached hydrogen (secondary N) is 1. The van der Waals surface area contributed by atoms with Crippen LogP contribution in [0.15, 0.2) is 24.3 Å². The van der Waals surface area contributed by atoms with E-state index in [9.17, 15) is 4.39 Å². The lowest BCUT2D eigenvalue weighted by molar-refractivity contribution is 0.111. The Kier molecular flexibility index (Phi) is 3.03. The summed E-state index contributed by atoms with van der Waals surface area (Å²) in [7, 11) is 1.87. The lowest BCUT2D eigenvalue weighted by atomic mass is 9.91. The second-order valence-corrected chi connectivity index (χ2v) is 3.96. The van der Waals surface area contributed by atoms with Gasteiger partial charge >= 0.3 is 0 Å². The lowest BCUT2D eigenvalue weighted by Gasteiger charge is -2.21. The zero-order valence-corrected chi connectivity index (χ0v) is 8.92. The Balaban J connectivity index is 2.33. The van der Waals surface area contributed by atoms with E-state index in [1.165, 1.54) is 0 Å². The van der Waals surface area contributed by atoms with Gasteiger partial charge in [0.2, 0.25) is 0 Å². The van der Waals surface area contributed by atoms with Crippen molar-refractivity contribution in [2.75, 3.05) is 20.3 Å². The number of rotatable bonds is 3. The van der Waals surface area contributed by atoms with Crippen LogP contribution in [0.5, 0.6) is 0 Å². The molecule has 0 saturated carbocycles. The van der Waals surface area contributed by atoms with E-state index in [-0.39, 0.29) is 6.61 Å². The molecule has 82 valence electrons. The van der Waals surface area contributed by atoms with E-state index < -0.39 is 5.67 Å². The van der Waals surface area contributed by atoms with Crippen molar-refractivity contribution in [3.05, 3.63) is 35.4 Å². The van der Waals surface area contributed by atoms with E-state index in [1.54, 1.807) is 0 Å². The minimum Gasteiger partial charge on any atom is -0.378 e. The van der Waals surface area contributed by atoms with Gasteiger partial charge in [-0.3, -0.25) is 0 Å². The Bertz CT molecular complexity index is 334. The second-order valence-electron chi connectivity index (χ2n) is 3.96. The maximum absolute atomic E-state index is 14.5. The lowest BCUT2D eigenvalue weighted by Crippen LogP contribution is -2.23. The molecule has 1 unspecified atom stereocenters. The van der Waals surface area contributed by atoms with Gasteiger partial charge in [-0.1, -0.05) is 24.3 Å². The predicted octanol–water partition coefficient (Wildman–Crippen LogP) is 1.99. The van der Waals surface area contributed by atoms with Crippen molar-refractivity contribution in [3.8, 4) is 0 Å². The Morgan fingerprint density at radius 1 is 1.47 bits per heavy atom. The molecule has 15 heavy (non-hydrogen) atoms. The Morgan fingerprint density at radius 2 is 2.27 bits per heavy atom. The molecule has 1 saturated heterocycles. The molecule has 1 heterocycles. The molecule has 1 aromatic carbocycles. The molecule has 2 nitrogen and oxygen atoms in total. The van der Waals surface area contributed by atoms with Gasteiger partial charge < -0.3 is 10.1 Å². The van der Waals surface area contributed by atoms with Gasteiger partial charge in [0.25, 0.3) is 0 Å². The van der Waals surface area contributed by atoms with Gasteiger partial charge in [-0.05, 0) is 18.2 Å². The molecule has 0 aromatic heterocycles. The molecule has 0 aliphatic carbocycles. The van der Waals surface area contributed by atoms with Crippen molar-refractivity contribution in [1.29, 1.82) is 0 Å². The van der Waals surface area contributed by atoms with Gasteiger partial charge in [-0.15, -0.1) is 0 Å². The van der Waals surface area contributed by atoms with Gasteiger partial charge in [0.05, 0.1) is 13.2 Å². The Hall–Kier alpha value is -0.930. The first-order valence-corrected chi connectivity index (χ1v) is 5.26. The number of ether oxygens (including phenoxy) is 1. The minimum absolute atomic E-state index is 0.188. The molecule has 0 spiro atoms. The van der Waals surface area contributed by atoms with E-state index in [0.717, 1.165) is 11.1 Å². The van der Waals surface area contributed by atoms with Crippen LogP contribution in [0.4, 0.5) is 4.39 Å². The van der Waals surface area contributed by atoms with Crippen LogP contribution in [0.2, 0.25) is 0 Å². The van der Waals surface area contributed by atoms with Crippen molar-refractivity contribution in [2.24, 2.45) is 0 Å². The smallest absolute Gasteiger partial charge is 0.161 e. The number of halogens is 1. The topological polar surface area (TPSA) is 21.3 Å². The number of benzene rings is 1. The van der Waals surface area contributed by atoms with Crippen LogP contribution in [-0.4, -0.2) is 20.3 Å². The van der Waals surface area contributed by atoms with E-state index in [4.69, 9.17) is 4.74 Å². The maximum atomic E-state index is 14.5. The molecule has 1 atom stereocenters. The van der Waals surface area contributed by atoms with E-state index in [0.29, 0.717) is 19.6 Å². The molecular weight excluding hydrogens is 193 g/mol. The standard InChI is InChI=1S/C12H16FNO/c1-14-8-10-4-2-3-5-11(10)12(13)6-7-15-9-12/h2-5,14H,6-9H2,1H3. The maximum Gasteiger partial charge on any atom is 0.161 e. The molecule has 2 rings (SSSR count). The highest BCUT2D eigenvalue weighted by atomic mass is 19.1. The summed E-state index contributed by atoms with van der Waals surface area (Å²) in [5.41, 5.74) is 0.512. The highest BCUT2D eigenvalue weighted by molar-refractivity contribution is 5.33. The average Bonchev–Trinajstić information content (AvgIpc) is 2.68. The summed E-state index contributed by atoms with van der Waals surface area (Å²) < 4.78 is 19.6. The first-order valence-electron chi connectivity index (χ1n) is 5.26. The fourth-order valence-corrected chi connectivity index (χ4v) is 2.05. The van der Waals surface area contributed by atoms with Gasteiger partial charge in [0, 0.05) is 13.0 Å². The van der Waals surface area contributed by atoms with Crippen LogP contribution in [0.1, 0.15) is 17.5 Å². The second kappa shape index (κ2) is 4.29. The summed E-state index contributed by atoms with van der Waals surface area (Å²) in [6.07, 6.45) is 0.466. The summed E-state index contributed by atoms with van der Waals surface area (Å²) in [4.78, 5) is 0. The Morgan fingerprint density at radius 3 is 2.93 bits per heavy atom. The molecule has 0 amide bonds. The molecule has 1 N–H and O–H groups in total. The molecule has 0 radical (unpaired) electrons. The highest BCUT2D eigenvalue weighted by Gasteiger charge is 2.37. The summed E-state index contributed by atoms with van der Waals surface area (Å²) >= 11 is 0.